The van der Waals surface area contributed by atoms with Crippen molar-refractivity contribution in [2.75, 3.05) is 6.61 Å². The molecular formula is C29H32N2O6. The predicted molar refractivity (Wildman–Crippen MR) is 137 cm³/mol. The molecule has 2 aliphatic rings. The van der Waals surface area contributed by atoms with E-state index in [0.717, 1.165) is 11.1 Å². The lowest BCUT2D eigenvalue weighted by atomic mass is 9.87. The highest BCUT2D eigenvalue weighted by Crippen LogP contribution is 2.38. The number of benzene rings is 2. The quantitative estimate of drug-likeness (QED) is 0.289. The molecule has 0 bridgehead atoms. The maximum Gasteiger partial charge on any atom is 0.411 e. The Kier molecular flexibility index (Phi) is 7.76. The molecule has 4 rings (SSSR count). The van der Waals surface area contributed by atoms with Crippen LogP contribution < -0.4 is 0 Å². The van der Waals surface area contributed by atoms with Crippen molar-refractivity contribution in [2.45, 2.75) is 63.4 Å². The van der Waals surface area contributed by atoms with E-state index in [9.17, 15) is 19.2 Å². The third-order valence-electron chi connectivity index (χ3n) is 6.41. The number of esters is 1. The largest absolute Gasteiger partial charge is 0.460 e. The Bertz CT molecular complexity index is 1160. The summed E-state index contributed by atoms with van der Waals surface area (Å²) in [6, 6.07) is 16.3. The van der Waals surface area contributed by atoms with Gasteiger partial charge < -0.3 is 19.2 Å². The second-order valence-corrected chi connectivity index (χ2v) is 10.2. The van der Waals surface area contributed by atoms with Gasteiger partial charge >= 0.3 is 12.1 Å². The zero-order valence-electron chi connectivity index (χ0n) is 21.3. The van der Waals surface area contributed by atoms with E-state index in [0.29, 0.717) is 6.29 Å². The number of carbonyl (C=O) groups excluding carboxylic acids is 4. The van der Waals surface area contributed by atoms with Crippen LogP contribution in [0.1, 0.15) is 50.8 Å². The molecule has 194 valence electrons. The molecule has 8 nitrogen and oxygen atoms in total. The molecule has 0 spiro atoms. The van der Waals surface area contributed by atoms with E-state index >= 15 is 0 Å². The van der Waals surface area contributed by atoms with E-state index in [4.69, 9.17) is 9.47 Å². The topological polar surface area (TPSA) is 93.2 Å². The maximum atomic E-state index is 13.5. The average molecular weight is 505 g/mol. The molecule has 2 fully saturated rings. The minimum Gasteiger partial charge on any atom is -0.460 e. The predicted octanol–water partition coefficient (Wildman–Crippen LogP) is 4.16. The molecule has 37 heavy (non-hydrogen) atoms. The number of aldehydes is 1. The zero-order valence-corrected chi connectivity index (χ0v) is 21.3. The SMILES string of the molecule is CC(C)(C)OC(=O)CC[C@@H](C=O)N1C(=O)C(N2C(=O)OC[C@@H]2c2ccccc2)C1/C=C/c1ccccc1. The van der Waals surface area contributed by atoms with Gasteiger partial charge in [0.2, 0.25) is 5.91 Å². The summed E-state index contributed by atoms with van der Waals surface area (Å²) in [5.74, 6) is -0.795. The molecule has 2 amide bonds. The van der Waals surface area contributed by atoms with E-state index < -0.39 is 41.8 Å². The van der Waals surface area contributed by atoms with Crippen LogP contribution in [0.15, 0.2) is 66.7 Å². The Morgan fingerprint density at radius 1 is 1.08 bits per heavy atom. The molecule has 0 N–H and O–H groups in total. The number of likely N-dealkylation sites (tertiary alicyclic amines) is 1. The number of amides is 2. The van der Waals surface area contributed by atoms with Gasteiger partial charge in [0.05, 0.1) is 18.1 Å². The number of rotatable bonds is 9. The molecule has 0 saturated carbocycles. The first kappa shape index (κ1) is 26.1. The average Bonchev–Trinajstić information content (AvgIpc) is 3.24. The van der Waals surface area contributed by atoms with Gasteiger partial charge in [-0.05, 0) is 38.3 Å². The fourth-order valence-corrected chi connectivity index (χ4v) is 4.76. The van der Waals surface area contributed by atoms with E-state index in [1.807, 2.05) is 72.8 Å². The van der Waals surface area contributed by atoms with Crippen molar-refractivity contribution in [3.05, 3.63) is 77.9 Å². The van der Waals surface area contributed by atoms with Crippen LogP contribution in [0.25, 0.3) is 6.08 Å². The molecule has 2 aromatic carbocycles. The molecular weight excluding hydrogens is 472 g/mol. The Hall–Kier alpha value is -3.94. The summed E-state index contributed by atoms with van der Waals surface area (Å²) in [7, 11) is 0. The molecule has 2 heterocycles. The van der Waals surface area contributed by atoms with E-state index in [2.05, 4.69) is 0 Å². The summed E-state index contributed by atoms with van der Waals surface area (Å²) in [5.41, 5.74) is 1.14. The van der Waals surface area contributed by atoms with Crippen LogP contribution in [0, 0.1) is 0 Å². The minimum absolute atomic E-state index is 0.0113. The summed E-state index contributed by atoms with van der Waals surface area (Å²) in [5, 5.41) is 0. The number of cyclic esters (lactones) is 1. The summed E-state index contributed by atoms with van der Waals surface area (Å²) in [6.07, 6.45) is 3.92. The monoisotopic (exact) mass is 504 g/mol. The first-order chi connectivity index (χ1) is 17.7. The summed E-state index contributed by atoms with van der Waals surface area (Å²) in [6.45, 7) is 5.45. The highest BCUT2D eigenvalue weighted by Gasteiger charge is 2.56. The summed E-state index contributed by atoms with van der Waals surface area (Å²) in [4.78, 5) is 53.7. The van der Waals surface area contributed by atoms with Gasteiger partial charge in [0, 0.05) is 6.42 Å². The fraction of sp³-hybridized carbons (Fsp3) is 0.379. The lowest BCUT2D eigenvalue weighted by Gasteiger charge is -2.51. The maximum absolute atomic E-state index is 13.5. The molecule has 8 heteroatoms. The van der Waals surface area contributed by atoms with Gasteiger partial charge in [0.15, 0.2) is 0 Å². The number of β-lactam (4-membered cyclic amide) rings is 1. The van der Waals surface area contributed by atoms with E-state index in [-0.39, 0.29) is 25.4 Å². The third kappa shape index (κ3) is 5.90. The molecule has 0 aliphatic carbocycles. The van der Waals surface area contributed by atoms with Gasteiger partial charge in [0.25, 0.3) is 0 Å². The van der Waals surface area contributed by atoms with Gasteiger partial charge in [-0.15, -0.1) is 0 Å². The van der Waals surface area contributed by atoms with Crippen molar-refractivity contribution in [3.8, 4) is 0 Å². The molecule has 2 unspecified atom stereocenters. The van der Waals surface area contributed by atoms with Gasteiger partial charge in [-0.2, -0.15) is 0 Å². The highest BCUT2D eigenvalue weighted by atomic mass is 16.6. The first-order valence-corrected chi connectivity index (χ1v) is 12.4. The van der Waals surface area contributed by atoms with Crippen molar-refractivity contribution >= 4 is 30.3 Å². The zero-order chi connectivity index (χ0) is 26.6. The standard InChI is InChI=1S/C29H32N2O6/c1-29(2,3)37-25(33)17-15-22(18-32)30-23(16-14-20-10-6-4-7-11-20)26(27(30)34)31-24(19-36-28(31)35)21-12-8-5-9-13-21/h4-14,16,18,22-24,26H,15,17,19H2,1-3H3/b16-14+/t22-,23?,24+,26?/m0/s1. The van der Waals surface area contributed by atoms with Gasteiger partial charge in [-0.3, -0.25) is 14.5 Å². The van der Waals surface area contributed by atoms with Crippen molar-refractivity contribution in [1.29, 1.82) is 0 Å². The van der Waals surface area contributed by atoms with E-state index in [1.165, 1.54) is 9.80 Å². The number of carbonyl (C=O) groups is 4. The van der Waals surface area contributed by atoms with Crippen molar-refractivity contribution in [2.24, 2.45) is 0 Å². The smallest absolute Gasteiger partial charge is 0.411 e. The summed E-state index contributed by atoms with van der Waals surface area (Å²) < 4.78 is 10.7. The van der Waals surface area contributed by atoms with Crippen LogP contribution in [-0.4, -0.2) is 64.4 Å². The Balaban J connectivity index is 1.60. The second kappa shape index (κ2) is 11.0. The van der Waals surface area contributed by atoms with Crippen LogP contribution in [0.5, 0.6) is 0 Å². The van der Waals surface area contributed by atoms with Gasteiger partial charge in [-0.25, -0.2) is 4.79 Å². The summed E-state index contributed by atoms with van der Waals surface area (Å²) >= 11 is 0. The van der Waals surface area contributed by atoms with Gasteiger partial charge in [0.1, 0.15) is 24.5 Å². The number of hydrogen-bond acceptors (Lipinski definition) is 6. The normalized spacial score (nSPS) is 22.5. The third-order valence-corrected chi connectivity index (χ3v) is 6.41. The molecule has 2 aliphatic heterocycles. The van der Waals surface area contributed by atoms with Crippen LogP contribution in [0.2, 0.25) is 0 Å². The minimum atomic E-state index is -0.838. The number of ether oxygens (including phenoxy) is 2. The van der Waals surface area contributed by atoms with Crippen molar-refractivity contribution in [3.63, 3.8) is 0 Å². The number of nitrogens with zero attached hydrogens (tertiary/aromatic N) is 2. The van der Waals surface area contributed by atoms with Gasteiger partial charge in [-0.1, -0.05) is 72.8 Å². The Morgan fingerprint density at radius 3 is 2.35 bits per heavy atom. The van der Waals surface area contributed by atoms with Crippen molar-refractivity contribution < 1.29 is 28.7 Å². The molecule has 2 aromatic rings. The lowest BCUT2D eigenvalue weighted by Crippen LogP contribution is -2.72. The Labute approximate surface area is 216 Å². The molecule has 2 saturated heterocycles. The van der Waals surface area contributed by atoms with Crippen LogP contribution in [-0.2, 0) is 23.9 Å². The van der Waals surface area contributed by atoms with Crippen LogP contribution in [0.3, 0.4) is 0 Å². The fourth-order valence-electron chi connectivity index (χ4n) is 4.76. The molecule has 0 aromatic heterocycles. The van der Waals surface area contributed by atoms with Crippen LogP contribution >= 0.6 is 0 Å². The molecule has 0 radical (unpaired) electrons. The molecule has 4 atom stereocenters. The van der Waals surface area contributed by atoms with E-state index in [1.54, 1.807) is 20.8 Å². The van der Waals surface area contributed by atoms with Crippen LogP contribution in [0.4, 0.5) is 4.79 Å². The highest BCUT2D eigenvalue weighted by molar-refractivity contribution is 5.96. The Morgan fingerprint density at radius 2 is 1.73 bits per heavy atom. The number of hydrogen-bond donors (Lipinski definition) is 0. The second-order valence-electron chi connectivity index (χ2n) is 10.2. The lowest BCUT2D eigenvalue weighted by molar-refractivity contribution is -0.162. The van der Waals surface area contributed by atoms with Crippen molar-refractivity contribution in [1.82, 2.24) is 9.80 Å². The first-order valence-electron chi connectivity index (χ1n) is 12.4.